The van der Waals surface area contributed by atoms with Gasteiger partial charge in [0, 0.05) is 18.2 Å². The summed E-state index contributed by atoms with van der Waals surface area (Å²) >= 11 is 0. The highest BCUT2D eigenvalue weighted by Crippen LogP contribution is 2.32. The zero-order chi connectivity index (χ0) is 19.9. The molecule has 6 nitrogen and oxygen atoms in total. The maximum absolute atomic E-state index is 12.1. The van der Waals surface area contributed by atoms with Gasteiger partial charge >= 0.3 is 0 Å². The van der Waals surface area contributed by atoms with Crippen LogP contribution in [-0.2, 0) is 16.0 Å². The Balaban J connectivity index is 1.38. The highest BCUT2D eigenvalue weighted by Gasteiger charge is 2.13. The molecule has 0 aromatic heterocycles. The minimum atomic E-state index is -0.279. The van der Waals surface area contributed by atoms with E-state index in [4.69, 9.17) is 9.47 Å². The molecule has 2 N–H and O–H groups in total. The third-order valence-corrected chi connectivity index (χ3v) is 4.71. The van der Waals surface area contributed by atoms with Crippen molar-refractivity contribution in [2.75, 3.05) is 25.1 Å². The molecule has 0 aliphatic carbocycles. The maximum atomic E-state index is 12.1. The largest absolute Gasteiger partial charge is 0.486 e. The SMILES string of the molecule is Cc1ccc(CCCC(=O)NCC(=O)Nc2ccc3c(c2)OCCO3)cc1C. The van der Waals surface area contributed by atoms with E-state index in [1.807, 2.05) is 0 Å². The Morgan fingerprint density at radius 1 is 0.929 bits per heavy atom. The van der Waals surface area contributed by atoms with E-state index in [9.17, 15) is 9.59 Å². The zero-order valence-corrected chi connectivity index (χ0v) is 16.3. The number of benzene rings is 2. The lowest BCUT2D eigenvalue weighted by Gasteiger charge is -2.19. The Morgan fingerprint density at radius 2 is 1.71 bits per heavy atom. The number of anilines is 1. The van der Waals surface area contributed by atoms with Gasteiger partial charge in [0.25, 0.3) is 0 Å². The molecule has 6 heteroatoms. The number of hydrogen-bond acceptors (Lipinski definition) is 4. The van der Waals surface area contributed by atoms with Crippen LogP contribution in [0.25, 0.3) is 0 Å². The molecule has 0 fully saturated rings. The van der Waals surface area contributed by atoms with Crippen LogP contribution in [0.5, 0.6) is 11.5 Å². The first-order chi connectivity index (χ1) is 13.5. The molecule has 1 aliphatic rings. The standard InChI is InChI=1S/C22H26N2O4/c1-15-6-7-17(12-16(15)2)4-3-5-21(25)23-14-22(26)24-18-8-9-19-20(13-18)28-11-10-27-19/h6-9,12-13H,3-5,10-11,14H2,1-2H3,(H,23,25)(H,24,26). The number of carbonyl (C=O) groups is 2. The van der Waals surface area contributed by atoms with Crippen LogP contribution in [0, 0.1) is 13.8 Å². The van der Waals surface area contributed by atoms with Crippen molar-refractivity contribution in [1.29, 1.82) is 0 Å². The molecule has 2 amide bonds. The molecule has 0 radical (unpaired) electrons. The Kier molecular flexibility index (Phi) is 6.53. The normalized spacial score (nSPS) is 12.4. The van der Waals surface area contributed by atoms with Gasteiger partial charge in [0.2, 0.25) is 11.8 Å². The van der Waals surface area contributed by atoms with E-state index in [1.165, 1.54) is 16.7 Å². The molecule has 1 heterocycles. The molecule has 0 atom stereocenters. The molecule has 28 heavy (non-hydrogen) atoms. The van der Waals surface area contributed by atoms with E-state index in [0.29, 0.717) is 36.8 Å². The summed E-state index contributed by atoms with van der Waals surface area (Å²) in [4.78, 5) is 24.0. The van der Waals surface area contributed by atoms with Gasteiger partial charge in [-0.25, -0.2) is 0 Å². The van der Waals surface area contributed by atoms with E-state index in [1.54, 1.807) is 18.2 Å². The summed E-state index contributed by atoms with van der Waals surface area (Å²) in [5.41, 5.74) is 4.37. The average molecular weight is 382 g/mol. The molecular formula is C22H26N2O4. The van der Waals surface area contributed by atoms with Crippen LogP contribution in [0.1, 0.15) is 29.5 Å². The van der Waals surface area contributed by atoms with Crippen molar-refractivity contribution in [2.45, 2.75) is 33.1 Å². The minimum absolute atomic E-state index is 0.0586. The molecular weight excluding hydrogens is 356 g/mol. The Hall–Kier alpha value is -3.02. The number of carbonyl (C=O) groups excluding carboxylic acids is 2. The fraction of sp³-hybridized carbons (Fsp3) is 0.364. The molecule has 1 aliphatic heterocycles. The average Bonchev–Trinajstić information content (AvgIpc) is 2.69. The topological polar surface area (TPSA) is 76.7 Å². The van der Waals surface area contributed by atoms with Crippen molar-refractivity contribution >= 4 is 17.5 Å². The van der Waals surface area contributed by atoms with Gasteiger partial charge in [0.05, 0.1) is 6.54 Å². The third kappa shape index (κ3) is 5.49. The first-order valence-electron chi connectivity index (χ1n) is 9.53. The van der Waals surface area contributed by atoms with Crippen molar-refractivity contribution < 1.29 is 19.1 Å². The van der Waals surface area contributed by atoms with Gasteiger partial charge in [-0.05, 0) is 55.5 Å². The fourth-order valence-corrected chi connectivity index (χ4v) is 3.01. The van der Waals surface area contributed by atoms with Crippen molar-refractivity contribution in [3.63, 3.8) is 0 Å². The Bertz CT molecular complexity index is 864. The summed E-state index contributed by atoms with van der Waals surface area (Å²) in [6.07, 6.45) is 1.99. The van der Waals surface area contributed by atoms with Gasteiger partial charge in [-0.3, -0.25) is 9.59 Å². The van der Waals surface area contributed by atoms with E-state index in [2.05, 4.69) is 42.7 Å². The second kappa shape index (κ2) is 9.26. The van der Waals surface area contributed by atoms with Crippen molar-refractivity contribution in [3.8, 4) is 11.5 Å². The predicted molar refractivity (Wildman–Crippen MR) is 108 cm³/mol. The number of aryl methyl sites for hydroxylation is 3. The van der Waals surface area contributed by atoms with Crippen molar-refractivity contribution in [2.24, 2.45) is 0 Å². The fourth-order valence-electron chi connectivity index (χ4n) is 3.01. The lowest BCUT2D eigenvalue weighted by molar-refractivity contribution is -0.124. The highest BCUT2D eigenvalue weighted by atomic mass is 16.6. The van der Waals surface area contributed by atoms with Gasteiger partial charge < -0.3 is 20.1 Å². The lowest BCUT2D eigenvalue weighted by Crippen LogP contribution is -2.32. The van der Waals surface area contributed by atoms with E-state index >= 15 is 0 Å². The number of fused-ring (bicyclic) bond motifs is 1. The number of ether oxygens (including phenoxy) is 2. The summed E-state index contributed by atoms with van der Waals surface area (Å²) in [5, 5.41) is 5.42. The number of nitrogens with one attached hydrogen (secondary N) is 2. The van der Waals surface area contributed by atoms with Crippen LogP contribution in [0.3, 0.4) is 0 Å². The van der Waals surface area contributed by atoms with Gasteiger partial charge in [0.1, 0.15) is 13.2 Å². The third-order valence-electron chi connectivity index (χ3n) is 4.71. The number of rotatable bonds is 7. The minimum Gasteiger partial charge on any atom is -0.486 e. The first kappa shape index (κ1) is 19.7. The molecule has 2 aromatic carbocycles. The smallest absolute Gasteiger partial charge is 0.243 e. The molecule has 0 bridgehead atoms. The highest BCUT2D eigenvalue weighted by molar-refractivity contribution is 5.94. The maximum Gasteiger partial charge on any atom is 0.243 e. The molecule has 0 saturated heterocycles. The quantitative estimate of drug-likeness (QED) is 0.771. The summed E-state index contributed by atoms with van der Waals surface area (Å²) in [5.74, 6) is 0.876. The first-order valence-corrected chi connectivity index (χ1v) is 9.53. The molecule has 2 aromatic rings. The molecule has 0 unspecified atom stereocenters. The van der Waals surface area contributed by atoms with Crippen LogP contribution in [0.4, 0.5) is 5.69 Å². The monoisotopic (exact) mass is 382 g/mol. The summed E-state index contributed by atoms with van der Waals surface area (Å²) in [6, 6.07) is 11.6. The number of hydrogen-bond donors (Lipinski definition) is 2. The lowest BCUT2D eigenvalue weighted by atomic mass is 10.0. The van der Waals surface area contributed by atoms with Crippen LogP contribution < -0.4 is 20.1 Å². The zero-order valence-electron chi connectivity index (χ0n) is 16.3. The second-order valence-corrected chi connectivity index (χ2v) is 6.96. The van der Waals surface area contributed by atoms with Gasteiger partial charge in [-0.15, -0.1) is 0 Å². The van der Waals surface area contributed by atoms with Crippen LogP contribution >= 0.6 is 0 Å². The second-order valence-electron chi connectivity index (χ2n) is 6.96. The molecule has 3 rings (SSSR count). The van der Waals surface area contributed by atoms with E-state index in [0.717, 1.165) is 12.8 Å². The summed E-state index contributed by atoms with van der Waals surface area (Å²) in [6.45, 7) is 5.13. The van der Waals surface area contributed by atoms with Crippen molar-refractivity contribution in [3.05, 3.63) is 53.1 Å². The van der Waals surface area contributed by atoms with Crippen LogP contribution in [0.15, 0.2) is 36.4 Å². The Morgan fingerprint density at radius 3 is 2.50 bits per heavy atom. The Labute approximate surface area is 165 Å². The molecule has 148 valence electrons. The van der Waals surface area contributed by atoms with Gasteiger partial charge in [-0.2, -0.15) is 0 Å². The predicted octanol–water partition coefficient (Wildman–Crippen LogP) is 3.15. The van der Waals surface area contributed by atoms with Gasteiger partial charge in [-0.1, -0.05) is 18.2 Å². The molecule has 0 saturated carbocycles. The summed E-state index contributed by atoms with van der Waals surface area (Å²) < 4.78 is 10.9. The van der Waals surface area contributed by atoms with E-state index < -0.39 is 0 Å². The molecule has 0 spiro atoms. The van der Waals surface area contributed by atoms with Crippen molar-refractivity contribution in [1.82, 2.24) is 5.32 Å². The van der Waals surface area contributed by atoms with Crippen LogP contribution in [0.2, 0.25) is 0 Å². The summed E-state index contributed by atoms with van der Waals surface area (Å²) in [7, 11) is 0. The van der Waals surface area contributed by atoms with Crippen LogP contribution in [-0.4, -0.2) is 31.6 Å². The number of amides is 2. The van der Waals surface area contributed by atoms with E-state index in [-0.39, 0.29) is 18.4 Å². The van der Waals surface area contributed by atoms with Gasteiger partial charge in [0.15, 0.2) is 11.5 Å².